The Bertz CT molecular complexity index is 398. The van der Waals surface area contributed by atoms with Gasteiger partial charge in [-0.1, -0.05) is 38.7 Å². The third-order valence-electron chi connectivity index (χ3n) is 3.21. The summed E-state index contributed by atoms with van der Waals surface area (Å²) < 4.78 is 4.58. The number of esters is 2. The maximum absolute atomic E-state index is 11.6. The zero-order chi connectivity index (χ0) is 17.0. The molecular formula is C17H28O5. The molecule has 0 fully saturated rings. The number of carbonyl (C=O) groups is 2. The molecule has 0 aromatic rings. The summed E-state index contributed by atoms with van der Waals surface area (Å²) in [6, 6.07) is 0. The number of carbonyl (C=O) groups excluding carboxylic acids is 2. The minimum atomic E-state index is -0.755. The Balaban J connectivity index is 3.96. The lowest BCUT2D eigenvalue weighted by Gasteiger charge is -2.08. The molecule has 0 spiro atoms. The summed E-state index contributed by atoms with van der Waals surface area (Å²) in [5.74, 6) is -1.51. The summed E-state index contributed by atoms with van der Waals surface area (Å²) in [5, 5.41) is 18.5. The summed E-state index contributed by atoms with van der Waals surface area (Å²) in [6.07, 6.45) is 7.17. The van der Waals surface area contributed by atoms with Gasteiger partial charge in [0, 0.05) is 17.8 Å². The van der Waals surface area contributed by atoms with Crippen LogP contribution in [-0.4, -0.2) is 34.9 Å². The summed E-state index contributed by atoms with van der Waals surface area (Å²) in [6.45, 7) is 6.61. The van der Waals surface area contributed by atoms with Crippen LogP contribution < -0.4 is 0 Å². The third kappa shape index (κ3) is 10.3. The second kappa shape index (κ2) is 12.1. The topological polar surface area (TPSA) is 83.8 Å². The lowest BCUT2D eigenvalue weighted by atomic mass is 10.1. The van der Waals surface area contributed by atoms with E-state index in [1.165, 1.54) is 19.9 Å². The molecule has 0 saturated heterocycles. The summed E-state index contributed by atoms with van der Waals surface area (Å²) in [5.41, 5.74) is 0.368. The second-order valence-corrected chi connectivity index (χ2v) is 5.51. The fourth-order valence-electron chi connectivity index (χ4n) is 1.86. The van der Waals surface area contributed by atoms with Gasteiger partial charge in [0.05, 0.1) is 6.10 Å². The number of rotatable bonds is 11. The smallest absolute Gasteiger partial charge is 0.341 e. The van der Waals surface area contributed by atoms with Gasteiger partial charge in [-0.05, 0) is 32.8 Å². The first-order chi connectivity index (χ1) is 10.4. The molecule has 5 heteroatoms. The highest BCUT2D eigenvalue weighted by Crippen LogP contribution is 2.11. The first kappa shape index (κ1) is 20.5. The summed E-state index contributed by atoms with van der Waals surface area (Å²) in [7, 11) is 0. The third-order valence-corrected chi connectivity index (χ3v) is 3.21. The number of ether oxygens (including phenoxy) is 1. The Hall–Kier alpha value is -1.46. The molecular weight excluding hydrogens is 284 g/mol. The zero-order valence-corrected chi connectivity index (χ0v) is 13.6. The minimum Gasteiger partial charge on any atom is -0.396 e. The molecule has 126 valence electrons. The van der Waals surface area contributed by atoms with E-state index in [0.717, 1.165) is 38.5 Å². The van der Waals surface area contributed by atoms with Crippen molar-refractivity contribution in [3.8, 4) is 0 Å². The molecule has 0 amide bonds. The van der Waals surface area contributed by atoms with Gasteiger partial charge in [-0.2, -0.15) is 0 Å². The Kier molecular flexibility index (Phi) is 11.3. The molecule has 0 heterocycles. The van der Waals surface area contributed by atoms with Crippen LogP contribution in [0.15, 0.2) is 23.8 Å². The molecule has 0 aliphatic heterocycles. The molecule has 0 aromatic heterocycles. The van der Waals surface area contributed by atoms with Gasteiger partial charge in [-0.15, -0.1) is 0 Å². The maximum Gasteiger partial charge on any atom is 0.341 e. The number of hydrogen-bond donors (Lipinski definition) is 2. The molecule has 1 atom stereocenters. The van der Waals surface area contributed by atoms with E-state index in [4.69, 9.17) is 5.11 Å². The number of aliphatic hydroxyl groups is 2. The highest BCUT2D eigenvalue weighted by molar-refractivity contribution is 6.01. The van der Waals surface area contributed by atoms with E-state index in [1.807, 2.05) is 0 Å². The standard InChI is InChI=1S/C17H28O5/c1-13(2)16(20)22-17(21)14(3)12-15(19)10-8-6-4-5-7-9-11-18/h12,15,18-19H,1,4-11H2,2-3H3. The van der Waals surface area contributed by atoms with Crippen molar-refractivity contribution in [2.45, 2.75) is 64.9 Å². The fraction of sp³-hybridized carbons (Fsp3) is 0.647. The van der Waals surface area contributed by atoms with Crippen molar-refractivity contribution < 1.29 is 24.5 Å². The summed E-state index contributed by atoms with van der Waals surface area (Å²) >= 11 is 0. The van der Waals surface area contributed by atoms with Crippen molar-refractivity contribution in [1.29, 1.82) is 0 Å². The van der Waals surface area contributed by atoms with E-state index in [9.17, 15) is 14.7 Å². The van der Waals surface area contributed by atoms with Crippen molar-refractivity contribution in [1.82, 2.24) is 0 Å². The molecule has 0 aromatic carbocycles. The van der Waals surface area contributed by atoms with Crippen LogP contribution in [0, 0.1) is 0 Å². The van der Waals surface area contributed by atoms with Crippen LogP contribution in [0.1, 0.15) is 58.8 Å². The SMILES string of the molecule is C=C(C)C(=O)OC(=O)C(C)=CC(O)CCCCCCCCO. The van der Waals surface area contributed by atoms with E-state index < -0.39 is 18.0 Å². The van der Waals surface area contributed by atoms with Gasteiger partial charge in [0.15, 0.2) is 0 Å². The average Bonchev–Trinajstić information content (AvgIpc) is 2.45. The molecule has 0 aliphatic carbocycles. The van der Waals surface area contributed by atoms with Gasteiger partial charge in [0.25, 0.3) is 0 Å². The van der Waals surface area contributed by atoms with Gasteiger partial charge >= 0.3 is 11.9 Å². The average molecular weight is 312 g/mol. The highest BCUT2D eigenvalue weighted by atomic mass is 16.6. The number of hydrogen-bond acceptors (Lipinski definition) is 5. The molecule has 1 unspecified atom stereocenters. The van der Waals surface area contributed by atoms with Crippen LogP contribution in [0.2, 0.25) is 0 Å². The van der Waals surface area contributed by atoms with Crippen molar-refractivity contribution in [2.75, 3.05) is 6.61 Å². The molecule has 22 heavy (non-hydrogen) atoms. The van der Waals surface area contributed by atoms with Gasteiger partial charge in [-0.25, -0.2) is 9.59 Å². The Morgan fingerprint density at radius 1 is 1.05 bits per heavy atom. The quantitative estimate of drug-likeness (QED) is 0.265. The predicted molar refractivity (Wildman–Crippen MR) is 85.1 cm³/mol. The van der Waals surface area contributed by atoms with Crippen molar-refractivity contribution >= 4 is 11.9 Å². The molecule has 5 nitrogen and oxygen atoms in total. The first-order valence-corrected chi connectivity index (χ1v) is 7.77. The number of aliphatic hydroxyl groups excluding tert-OH is 2. The van der Waals surface area contributed by atoms with E-state index in [-0.39, 0.29) is 17.8 Å². The van der Waals surface area contributed by atoms with E-state index in [1.54, 1.807) is 0 Å². The molecule has 0 radical (unpaired) electrons. The zero-order valence-electron chi connectivity index (χ0n) is 13.6. The van der Waals surface area contributed by atoms with Gasteiger partial charge in [-0.3, -0.25) is 0 Å². The van der Waals surface area contributed by atoms with Gasteiger partial charge in [0.1, 0.15) is 0 Å². The lowest BCUT2D eigenvalue weighted by Crippen LogP contribution is -2.15. The number of unbranched alkanes of at least 4 members (excludes halogenated alkanes) is 5. The summed E-state index contributed by atoms with van der Waals surface area (Å²) in [4.78, 5) is 22.8. The lowest BCUT2D eigenvalue weighted by molar-refractivity contribution is -0.154. The fourth-order valence-corrected chi connectivity index (χ4v) is 1.86. The van der Waals surface area contributed by atoms with E-state index in [2.05, 4.69) is 11.3 Å². The predicted octanol–water partition coefficient (Wildman–Crippen LogP) is 2.66. The van der Waals surface area contributed by atoms with Crippen molar-refractivity contribution in [3.63, 3.8) is 0 Å². The van der Waals surface area contributed by atoms with Crippen molar-refractivity contribution in [3.05, 3.63) is 23.8 Å². The van der Waals surface area contributed by atoms with E-state index in [0.29, 0.717) is 6.42 Å². The maximum atomic E-state index is 11.6. The molecule has 0 saturated carbocycles. The Morgan fingerprint density at radius 2 is 1.59 bits per heavy atom. The monoisotopic (exact) mass is 312 g/mol. The minimum absolute atomic E-state index is 0.155. The second-order valence-electron chi connectivity index (χ2n) is 5.51. The Morgan fingerprint density at radius 3 is 2.14 bits per heavy atom. The first-order valence-electron chi connectivity index (χ1n) is 7.77. The van der Waals surface area contributed by atoms with Crippen LogP contribution in [0.25, 0.3) is 0 Å². The van der Waals surface area contributed by atoms with Gasteiger partial charge < -0.3 is 14.9 Å². The van der Waals surface area contributed by atoms with E-state index >= 15 is 0 Å². The van der Waals surface area contributed by atoms with Crippen LogP contribution in [0.4, 0.5) is 0 Å². The van der Waals surface area contributed by atoms with Crippen LogP contribution in [-0.2, 0) is 14.3 Å². The highest BCUT2D eigenvalue weighted by Gasteiger charge is 2.14. The molecule has 0 rings (SSSR count). The van der Waals surface area contributed by atoms with Crippen molar-refractivity contribution in [2.24, 2.45) is 0 Å². The van der Waals surface area contributed by atoms with Crippen LogP contribution in [0.5, 0.6) is 0 Å². The van der Waals surface area contributed by atoms with Crippen LogP contribution in [0.3, 0.4) is 0 Å². The molecule has 0 aliphatic rings. The largest absolute Gasteiger partial charge is 0.396 e. The molecule has 0 bridgehead atoms. The Labute approximate surface area is 132 Å². The normalized spacial score (nSPS) is 12.8. The van der Waals surface area contributed by atoms with Gasteiger partial charge in [0.2, 0.25) is 0 Å². The van der Waals surface area contributed by atoms with Crippen LogP contribution >= 0.6 is 0 Å². The molecule has 2 N–H and O–H groups in total.